The van der Waals surface area contributed by atoms with E-state index in [2.05, 4.69) is 63.9 Å². The molecule has 1 aromatic carbocycles. The first-order valence-corrected chi connectivity index (χ1v) is 8.81. The summed E-state index contributed by atoms with van der Waals surface area (Å²) < 4.78 is 0. The molecular formula is C19H27N5. The molecule has 1 saturated heterocycles. The third-order valence-corrected chi connectivity index (χ3v) is 4.80. The second-order valence-corrected chi connectivity index (χ2v) is 6.39. The summed E-state index contributed by atoms with van der Waals surface area (Å²) in [6.07, 6.45) is 2.00. The van der Waals surface area contributed by atoms with Crippen molar-refractivity contribution in [2.45, 2.75) is 26.7 Å². The summed E-state index contributed by atoms with van der Waals surface area (Å²) in [4.78, 5) is 13.7. The molecule has 24 heavy (non-hydrogen) atoms. The van der Waals surface area contributed by atoms with E-state index in [1.54, 1.807) is 0 Å². The normalized spacial score (nSPS) is 15.7. The van der Waals surface area contributed by atoms with Gasteiger partial charge < -0.3 is 10.6 Å². The Bertz CT molecular complexity index is 663. The molecule has 1 aromatic heterocycles. The lowest BCUT2D eigenvalue weighted by molar-refractivity contribution is 0.260. The quantitative estimate of drug-likeness (QED) is 0.914. The fourth-order valence-electron chi connectivity index (χ4n) is 3.34. The predicted octanol–water partition coefficient (Wildman–Crippen LogP) is 2.29. The van der Waals surface area contributed by atoms with Gasteiger partial charge in [0.05, 0.1) is 5.69 Å². The molecule has 0 unspecified atom stereocenters. The highest BCUT2D eigenvalue weighted by Crippen LogP contribution is 2.22. The molecule has 0 aliphatic carbocycles. The van der Waals surface area contributed by atoms with Gasteiger partial charge in [0.25, 0.3) is 0 Å². The fraction of sp³-hybridized carbons (Fsp3) is 0.474. The van der Waals surface area contributed by atoms with Crippen molar-refractivity contribution in [1.29, 1.82) is 0 Å². The Labute approximate surface area is 144 Å². The third kappa shape index (κ3) is 3.85. The number of piperazine rings is 1. The molecule has 0 atom stereocenters. The monoisotopic (exact) mass is 325 g/mol. The van der Waals surface area contributed by atoms with E-state index in [9.17, 15) is 0 Å². The van der Waals surface area contributed by atoms with Gasteiger partial charge in [0.15, 0.2) is 0 Å². The van der Waals surface area contributed by atoms with Crippen molar-refractivity contribution < 1.29 is 0 Å². The number of hydrogen-bond donors (Lipinski definition) is 1. The predicted molar refractivity (Wildman–Crippen MR) is 99.4 cm³/mol. The molecule has 5 nitrogen and oxygen atoms in total. The molecule has 0 saturated carbocycles. The van der Waals surface area contributed by atoms with E-state index < -0.39 is 0 Å². The lowest BCUT2D eigenvalue weighted by Crippen LogP contribution is -2.47. The molecule has 3 rings (SSSR count). The van der Waals surface area contributed by atoms with Crippen LogP contribution in [0.1, 0.15) is 23.7 Å². The first-order chi connectivity index (χ1) is 11.7. The minimum atomic E-state index is 0.388. The average molecular weight is 325 g/mol. The van der Waals surface area contributed by atoms with Crippen LogP contribution in [0.25, 0.3) is 0 Å². The summed E-state index contributed by atoms with van der Waals surface area (Å²) in [5.41, 5.74) is 9.53. The van der Waals surface area contributed by atoms with Gasteiger partial charge in [-0.25, -0.2) is 4.98 Å². The smallest absolute Gasteiger partial charge is 0.222 e. The highest BCUT2D eigenvalue weighted by molar-refractivity contribution is 5.51. The number of nitrogens with two attached hydrogens (primary N) is 1. The maximum absolute atomic E-state index is 5.89. The minimum absolute atomic E-state index is 0.388. The SMILES string of the molecule is CCc1nc(N)nc(N2CCN(CCc3ccccc3)CC2)c1C. The summed E-state index contributed by atoms with van der Waals surface area (Å²) in [6.45, 7) is 9.46. The van der Waals surface area contributed by atoms with E-state index in [1.165, 1.54) is 11.1 Å². The Kier molecular flexibility index (Phi) is 5.30. The number of aromatic nitrogens is 2. The van der Waals surface area contributed by atoms with Crippen LogP contribution >= 0.6 is 0 Å². The largest absolute Gasteiger partial charge is 0.368 e. The zero-order valence-electron chi connectivity index (χ0n) is 14.7. The van der Waals surface area contributed by atoms with Crippen LogP contribution in [0, 0.1) is 6.92 Å². The molecule has 128 valence electrons. The van der Waals surface area contributed by atoms with E-state index in [4.69, 9.17) is 5.73 Å². The van der Waals surface area contributed by atoms with Gasteiger partial charge in [-0.15, -0.1) is 0 Å². The molecule has 1 aliphatic heterocycles. The van der Waals surface area contributed by atoms with Crippen LogP contribution in [-0.2, 0) is 12.8 Å². The zero-order valence-corrected chi connectivity index (χ0v) is 14.7. The second kappa shape index (κ2) is 7.62. The zero-order chi connectivity index (χ0) is 16.9. The van der Waals surface area contributed by atoms with Gasteiger partial charge in [-0.05, 0) is 25.3 Å². The van der Waals surface area contributed by atoms with Gasteiger partial charge in [-0.2, -0.15) is 4.98 Å². The standard InChI is InChI=1S/C19H27N5/c1-3-17-15(2)18(22-19(20)21-17)24-13-11-23(12-14-24)10-9-16-7-5-4-6-8-16/h4-8H,3,9-14H2,1-2H3,(H2,20,21,22). The van der Waals surface area contributed by atoms with Crippen LogP contribution in [0.3, 0.4) is 0 Å². The molecule has 5 heteroatoms. The third-order valence-electron chi connectivity index (χ3n) is 4.80. The van der Waals surface area contributed by atoms with Crippen molar-refractivity contribution in [3.63, 3.8) is 0 Å². The van der Waals surface area contributed by atoms with Gasteiger partial charge in [-0.1, -0.05) is 37.3 Å². The Morgan fingerprint density at radius 2 is 1.75 bits per heavy atom. The van der Waals surface area contributed by atoms with Gasteiger partial charge in [0.2, 0.25) is 5.95 Å². The lowest BCUT2D eigenvalue weighted by atomic mass is 10.1. The van der Waals surface area contributed by atoms with Crippen molar-refractivity contribution in [1.82, 2.24) is 14.9 Å². The Morgan fingerprint density at radius 1 is 1.04 bits per heavy atom. The Balaban J connectivity index is 1.58. The first-order valence-electron chi connectivity index (χ1n) is 8.81. The molecular weight excluding hydrogens is 298 g/mol. The van der Waals surface area contributed by atoms with Crippen molar-refractivity contribution in [2.75, 3.05) is 43.4 Å². The summed E-state index contributed by atoms with van der Waals surface area (Å²) in [5, 5.41) is 0. The molecule has 1 aliphatic rings. The van der Waals surface area contributed by atoms with Crippen molar-refractivity contribution >= 4 is 11.8 Å². The van der Waals surface area contributed by atoms with Crippen molar-refractivity contribution in [3.8, 4) is 0 Å². The van der Waals surface area contributed by atoms with E-state index in [0.29, 0.717) is 5.95 Å². The first kappa shape index (κ1) is 16.7. The van der Waals surface area contributed by atoms with E-state index in [0.717, 1.165) is 57.1 Å². The van der Waals surface area contributed by atoms with Crippen molar-refractivity contribution in [2.24, 2.45) is 0 Å². The van der Waals surface area contributed by atoms with Gasteiger partial charge in [0, 0.05) is 38.3 Å². The van der Waals surface area contributed by atoms with E-state index in [-0.39, 0.29) is 0 Å². The van der Waals surface area contributed by atoms with E-state index >= 15 is 0 Å². The number of rotatable bonds is 5. The molecule has 0 amide bonds. The minimum Gasteiger partial charge on any atom is -0.368 e. The number of benzene rings is 1. The molecule has 2 heterocycles. The average Bonchev–Trinajstić information content (AvgIpc) is 2.63. The fourth-order valence-corrected chi connectivity index (χ4v) is 3.34. The number of nitrogen functional groups attached to an aromatic ring is 1. The summed E-state index contributed by atoms with van der Waals surface area (Å²) in [6, 6.07) is 10.7. The van der Waals surface area contributed by atoms with Crippen LogP contribution in [-0.4, -0.2) is 47.6 Å². The van der Waals surface area contributed by atoms with Crippen molar-refractivity contribution in [3.05, 3.63) is 47.2 Å². The van der Waals surface area contributed by atoms with Crippen LogP contribution in [0.5, 0.6) is 0 Å². The number of hydrogen-bond acceptors (Lipinski definition) is 5. The summed E-state index contributed by atoms with van der Waals surface area (Å²) in [5.74, 6) is 1.40. The number of nitrogens with zero attached hydrogens (tertiary/aromatic N) is 4. The Hall–Kier alpha value is -2.14. The van der Waals surface area contributed by atoms with Crippen LogP contribution < -0.4 is 10.6 Å². The number of aryl methyl sites for hydroxylation is 1. The topological polar surface area (TPSA) is 58.3 Å². The molecule has 0 spiro atoms. The highest BCUT2D eigenvalue weighted by atomic mass is 15.3. The number of anilines is 2. The van der Waals surface area contributed by atoms with Crippen LogP contribution in [0.2, 0.25) is 0 Å². The van der Waals surface area contributed by atoms with E-state index in [1.807, 2.05) is 0 Å². The van der Waals surface area contributed by atoms with Gasteiger partial charge in [-0.3, -0.25) is 4.90 Å². The molecule has 0 radical (unpaired) electrons. The summed E-state index contributed by atoms with van der Waals surface area (Å²) in [7, 11) is 0. The van der Waals surface area contributed by atoms with Crippen LogP contribution in [0.4, 0.5) is 11.8 Å². The highest BCUT2D eigenvalue weighted by Gasteiger charge is 2.21. The maximum Gasteiger partial charge on any atom is 0.222 e. The molecule has 1 fully saturated rings. The molecule has 2 N–H and O–H groups in total. The molecule has 0 bridgehead atoms. The Morgan fingerprint density at radius 3 is 2.42 bits per heavy atom. The molecule has 2 aromatic rings. The van der Waals surface area contributed by atoms with Gasteiger partial charge in [0.1, 0.15) is 5.82 Å². The second-order valence-electron chi connectivity index (χ2n) is 6.39. The summed E-state index contributed by atoms with van der Waals surface area (Å²) >= 11 is 0. The van der Waals surface area contributed by atoms with Gasteiger partial charge >= 0.3 is 0 Å². The van der Waals surface area contributed by atoms with Crippen LogP contribution in [0.15, 0.2) is 30.3 Å². The lowest BCUT2D eigenvalue weighted by Gasteiger charge is -2.36. The maximum atomic E-state index is 5.89.